The number of amides is 1. The third-order valence-corrected chi connectivity index (χ3v) is 3.61. The Hall–Kier alpha value is -1.75. The number of rotatable bonds is 3. The van der Waals surface area contributed by atoms with Crippen molar-refractivity contribution in [2.45, 2.75) is 6.92 Å². The fourth-order valence-corrected chi connectivity index (χ4v) is 2.32. The molecule has 0 aliphatic carbocycles. The van der Waals surface area contributed by atoms with Crippen molar-refractivity contribution in [1.29, 1.82) is 0 Å². The molecule has 2 aromatic rings. The Morgan fingerprint density at radius 2 is 1.73 bits per heavy atom. The van der Waals surface area contributed by atoms with Gasteiger partial charge >= 0.3 is 0 Å². The Kier molecular flexibility index (Phi) is 5.29. The first-order chi connectivity index (χ1) is 10.4. The average Bonchev–Trinajstić information content (AvgIpc) is 2.48. The number of aromatic hydroxyl groups is 1. The van der Waals surface area contributed by atoms with Crippen molar-refractivity contribution in [3.05, 3.63) is 62.6 Å². The standard InChI is InChI=1S/C15H11Cl3N2O2/c1-8(12-6-11(17)7-13(18)14(12)21)19-20-15(22)9-2-4-10(16)5-3-9/h2-7,21H,1H3,(H,20,22)/b19-8+. The molecule has 0 saturated heterocycles. The van der Waals surface area contributed by atoms with Crippen molar-refractivity contribution < 1.29 is 9.90 Å². The van der Waals surface area contributed by atoms with Crippen LogP contribution in [-0.4, -0.2) is 16.7 Å². The van der Waals surface area contributed by atoms with E-state index in [4.69, 9.17) is 34.8 Å². The number of hydrogen-bond acceptors (Lipinski definition) is 3. The van der Waals surface area contributed by atoms with Crippen LogP contribution < -0.4 is 5.43 Å². The second kappa shape index (κ2) is 7.01. The summed E-state index contributed by atoms with van der Waals surface area (Å²) >= 11 is 17.5. The van der Waals surface area contributed by atoms with Crippen LogP contribution in [0.2, 0.25) is 15.1 Å². The fourth-order valence-electron chi connectivity index (χ4n) is 1.70. The molecule has 0 bridgehead atoms. The van der Waals surface area contributed by atoms with E-state index in [2.05, 4.69) is 10.5 Å². The molecule has 0 spiro atoms. The molecule has 2 N–H and O–H groups in total. The topological polar surface area (TPSA) is 61.7 Å². The summed E-state index contributed by atoms with van der Waals surface area (Å²) in [5, 5.41) is 14.9. The number of carbonyl (C=O) groups is 1. The maximum Gasteiger partial charge on any atom is 0.271 e. The first-order valence-electron chi connectivity index (χ1n) is 6.17. The van der Waals surface area contributed by atoms with E-state index in [1.54, 1.807) is 31.2 Å². The lowest BCUT2D eigenvalue weighted by Gasteiger charge is -2.07. The van der Waals surface area contributed by atoms with Crippen molar-refractivity contribution in [2.24, 2.45) is 5.10 Å². The zero-order chi connectivity index (χ0) is 16.3. The van der Waals surface area contributed by atoms with Crippen molar-refractivity contribution in [3.8, 4) is 5.75 Å². The molecule has 0 heterocycles. The van der Waals surface area contributed by atoms with E-state index in [-0.39, 0.29) is 10.8 Å². The molecular formula is C15H11Cl3N2O2. The molecule has 7 heteroatoms. The normalized spacial score (nSPS) is 11.4. The molecule has 2 aromatic carbocycles. The summed E-state index contributed by atoms with van der Waals surface area (Å²) < 4.78 is 0. The molecule has 0 atom stereocenters. The second-order valence-electron chi connectivity index (χ2n) is 4.43. The summed E-state index contributed by atoms with van der Waals surface area (Å²) in [5.41, 5.74) is 3.51. The number of nitrogens with one attached hydrogen (secondary N) is 1. The monoisotopic (exact) mass is 356 g/mol. The van der Waals surface area contributed by atoms with Gasteiger partial charge in [-0.25, -0.2) is 5.43 Å². The van der Waals surface area contributed by atoms with Gasteiger partial charge in [0.1, 0.15) is 5.75 Å². The van der Waals surface area contributed by atoms with Gasteiger partial charge in [0.25, 0.3) is 5.91 Å². The minimum Gasteiger partial charge on any atom is -0.506 e. The van der Waals surface area contributed by atoms with Gasteiger partial charge in [-0.3, -0.25) is 4.79 Å². The first kappa shape index (κ1) is 16.6. The van der Waals surface area contributed by atoms with Gasteiger partial charge in [-0.15, -0.1) is 0 Å². The van der Waals surface area contributed by atoms with E-state index < -0.39 is 5.91 Å². The van der Waals surface area contributed by atoms with E-state index >= 15 is 0 Å². The minimum absolute atomic E-state index is 0.112. The van der Waals surface area contributed by atoms with Crippen LogP contribution in [0.25, 0.3) is 0 Å². The molecule has 1 amide bonds. The fraction of sp³-hybridized carbons (Fsp3) is 0.0667. The smallest absolute Gasteiger partial charge is 0.271 e. The quantitative estimate of drug-likeness (QED) is 0.627. The molecule has 0 radical (unpaired) electrons. The number of hydrogen-bond donors (Lipinski definition) is 2. The number of halogens is 3. The highest BCUT2D eigenvalue weighted by molar-refractivity contribution is 6.36. The SMILES string of the molecule is C/C(=N\NC(=O)c1ccc(Cl)cc1)c1cc(Cl)cc(Cl)c1O. The summed E-state index contributed by atoms with van der Waals surface area (Å²) in [6.07, 6.45) is 0. The second-order valence-corrected chi connectivity index (χ2v) is 5.71. The van der Waals surface area contributed by atoms with Crippen molar-refractivity contribution in [3.63, 3.8) is 0 Å². The van der Waals surface area contributed by atoms with E-state index in [1.807, 2.05) is 0 Å². The van der Waals surface area contributed by atoms with Crippen LogP contribution >= 0.6 is 34.8 Å². The molecule has 0 aromatic heterocycles. The molecule has 0 aliphatic rings. The highest BCUT2D eigenvalue weighted by Gasteiger charge is 2.11. The van der Waals surface area contributed by atoms with Gasteiger partial charge in [-0.05, 0) is 43.3 Å². The third-order valence-electron chi connectivity index (χ3n) is 2.85. The van der Waals surface area contributed by atoms with Crippen molar-refractivity contribution in [2.75, 3.05) is 0 Å². The van der Waals surface area contributed by atoms with Gasteiger partial charge in [-0.2, -0.15) is 5.10 Å². The summed E-state index contributed by atoms with van der Waals surface area (Å²) in [6, 6.07) is 9.30. The predicted octanol–water partition coefficient (Wildman–Crippen LogP) is 4.51. The number of phenols is 1. The van der Waals surface area contributed by atoms with Gasteiger partial charge in [0.05, 0.1) is 10.7 Å². The minimum atomic E-state index is -0.399. The lowest BCUT2D eigenvalue weighted by Crippen LogP contribution is -2.19. The van der Waals surface area contributed by atoms with Crippen LogP contribution in [0.4, 0.5) is 0 Å². The van der Waals surface area contributed by atoms with Gasteiger partial charge < -0.3 is 5.11 Å². The Balaban J connectivity index is 2.19. The lowest BCUT2D eigenvalue weighted by atomic mass is 10.1. The third kappa shape index (κ3) is 3.91. The molecule has 22 heavy (non-hydrogen) atoms. The average molecular weight is 358 g/mol. The Bertz CT molecular complexity index is 743. The van der Waals surface area contributed by atoms with Crippen molar-refractivity contribution in [1.82, 2.24) is 5.43 Å². The highest BCUT2D eigenvalue weighted by Crippen LogP contribution is 2.31. The zero-order valence-corrected chi connectivity index (χ0v) is 13.7. The van der Waals surface area contributed by atoms with Crippen LogP contribution in [0, 0.1) is 0 Å². The number of carbonyl (C=O) groups excluding carboxylic acids is 1. The lowest BCUT2D eigenvalue weighted by molar-refractivity contribution is 0.0955. The molecule has 0 fully saturated rings. The Labute approximate surface area is 142 Å². The predicted molar refractivity (Wildman–Crippen MR) is 89.3 cm³/mol. The zero-order valence-electron chi connectivity index (χ0n) is 11.4. The van der Waals surface area contributed by atoms with Crippen LogP contribution in [0.3, 0.4) is 0 Å². The van der Waals surface area contributed by atoms with E-state index in [0.717, 1.165) is 0 Å². The largest absolute Gasteiger partial charge is 0.506 e. The number of nitrogens with zero attached hydrogens (tertiary/aromatic N) is 1. The Morgan fingerprint density at radius 1 is 1.09 bits per heavy atom. The van der Waals surface area contributed by atoms with Crippen LogP contribution in [0.5, 0.6) is 5.75 Å². The van der Waals surface area contributed by atoms with E-state index in [9.17, 15) is 9.90 Å². The van der Waals surface area contributed by atoms with Crippen LogP contribution in [0.1, 0.15) is 22.8 Å². The molecule has 4 nitrogen and oxygen atoms in total. The molecule has 0 saturated carbocycles. The van der Waals surface area contributed by atoms with Crippen molar-refractivity contribution >= 4 is 46.4 Å². The van der Waals surface area contributed by atoms with Gasteiger partial charge in [0, 0.05) is 21.2 Å². The molecular weight excluding hydrogens is 347 g/mol. The van der Waals surface area contributed by atoms with E-state index in [1.165, 1.54) is 12.1 Å². The summed E-state index contributed by atoms with van der Waals surface area (Å²) in [7, 11) is 0. The molecule has 0 unspecified atom stereocenters. The van der Waals surface area contributed by atoms with Gasteiger partial charge in [0.15, 0.2) is 0 Å². The Morgan fingerprint density at radius 3 is 2.36 bits per heavy atom. The molecule has 2 rings (SSSR count). The molecule has 114 valence electrons. The number of phenolic OH excluding ortho intramolecular Hbond substituents is 1. The number of benzene rings is 2. The maximum atomic E-state index is 11.9. The van der Waals surface area contributed by atoms with Crippen LogP contribution in [0.15, 0.2) is 41.5 Å². The van der Waals surface area contributed by atoms with Gasteiger partial charge in [-0.1, -0.05) is 34.8 Å². The highest BCUT2D eigenvalue weighted by atomic mass is 35.5. The van der Waals surface area contributed by atoms with E-state index in [0.29, 0.717) is 26.9 Å². The maximum absolute atomic E-state index is 11.9. The summed E-state index contributed by atoms with van der Waals surface area (Å²) in [5.74, 6) is -0.545. The summed E-state index contributed by atoms with van der Waals surface area (Å²) in [4.78, 5) is 11.9. The van der Waals surface area contributed by atoms with Crippen LogP contribution in [-0.2, 0) is 0 Å². The summed E-state index contributed by atoms with van der Waals surface area (Å²) in [6.45, 7) is 1.61. The first-order valence-corrected chi connectivity index (χ1v) is 7.30. The van der Waals surface area contributed by atoms with Gasteiger partial charge in [0.2, 0.25) is 0 Å². The number of hydrazone groups is 1. The molecule has 0 aliphatic heterocycles.